The lowest BCUT2D eigenvalue weighted by atomic mass is 10.2. The molecule has 4 rings (SSSR count). The van der Waals surface area contributed by atoms with Gasteiger partial charge in [-0.15, -0.1) is 22.7 Å². The van der Waals surface area contributed by atoms with Gasteiger partial charge in [0, 0.05) is 49.2 Å². The maximum atomic E-state index is 12.8. The average Bonchev–Trinajstić information content (AvgIpc) is 3.35. The fourth-order valence-electron chi connectivity index (χ4n) is 3.59. The Morgan fingerprint density at radius 3 is 2.75 bits per heavy atom. The molecular weight excluding hydrogens is 340 g/mol. The highest BCUT2D eigenvalue weighted by Gasteiger charge is 2.31. The van der Waals surface area contributed by atoms with Crippen LogP contribution in [0.1, 0.15) is 23.8 Å². The number of hydrogen-bond acceptors (Lipinski definition) is 6. The predicted molar refractivity (Wildman–Crippen MR) is 98.8 cm³/mol. The second kappa shape index (κ2) is 7.21. The Kier molecular flexibility index (Phi) is 4.82. The number of hydrogen-bond donors (Lipinski definition) is 0. The number of carbonyl (C=O) groups is 1. The van der Waals surface area contributed by atoms with Gasteiger partial charge in [-0.2, -0.15) is 0 Å². The van der Waals surface area contributed by atoms with Gasteiger partial charge in [-0.25, -0.2) is 4.98 Å². The van der Waals surface area contributed by atoms with Gasteiger partial charge in [0.2, 0.25) is 5.91 Å². The van der Waals surface area contributed by atoms with Gasteiger partial charge >= 0.3 is 0 Å². The highest BCUT2D eigenvalue weighted by molar-refractivity contribution is 7.13. The zero-order chi connectivity index (χ0) is 16.4. The van der Waals surface area contributed by atoms with Crippen molar-refractivity contribution in [3.63, 3.8) is 0 Å². The summed E-state index contributed by atoms with van der Waals surface area (Å²) in [6.45, 7) is 5.23. The molecule has 1 unspecified atom stereocenters. The topological polar surface area (TPSA) is 39.7 Å². The molecule has 128 valence electrons. The highest BCUT2D eigenvalue weighted by atomic mass is 32.1. The molecular formula is C17H22N4OS2. The molecule has 0 bridgehead atoms. The molecule has 0 saturated carbocycles. The summed E-state index contributed by atoms with van der Waals surface area (Å²) in [5.74, 6) is 0.286. The van der Waals surface area contributed by atoms with Crippen LogP contribution in [0.2, 0.25) is 0 Å². The van der Waals surface area contributed by atoms with Gasteiger partial charge < -0.3 is 9.80 Å². The van der Waals surface area contributed by atoms with Crippen molar-refractivity contribution in [3.8, 4) is 0 Å². The summed E-state index contributed by atoms with van der Waals surface area (Å²) in [5.41, 5.74) is 0. The minimum atomic E-state index is 0.286. The molecule has 0 spiro atoms. The summed E-state index contributed by atoms with van der Waals surface area (Å²) in [4.78, 5) is 25.2. The number of thiazole rings is 1. The third-order valence-electron chi connectivity index (χ3n) is 4.87. The summed E-state index contributed by atoms with van der Waals surface area (Å²) in [6.07, 6.45) is 4.07. The van der Waals surface area contributed by atoms with E-state index in [0.717, 1.165) is 50.7 Å². The number of likely N-dealkylation sites (tertiary alicyclic amines) is 1. The van der Waals surface area contributed by atoms with Crippen molar-refractivity contribution in [1.29, 1.82) is 0 Å². The van der Waals surface area contributed by atoms with Crippen LogP contribution in [0.5, 0.6) is 0 Å². The Labute approximate surface area is 150 Å². The smallest absolute Gasteiger partial charge is 0.237 e. The summed E-state index contributed by atoms with van der Waals surface area (Å²) < 4.78 is 0. The van der Waals surface area contributed by atoms with Gasteiger partial charge in [0.15, 0.2) is 5.13 Å². The van der Waals surface area contributed by atoms with Gasteiger partial charge in [0.05, 0.1) is 12.6 Å². The number of piperazine rings is 1. The van der Waals surface area contributed by atoms with Gasteiger partial charge in [0.1, 0.15) is 0 Å². The lowest BCUT2D eigenvalue weighted by Gasteiger charge is -2.35. The van der Waals surface area contributed by atoms with Crippen LogP contribution < -0.4 is 4.90 Å². The Morgan fingerprint density at radius 1 is 1.17 bits per heavy atom. The quantitative estimate of drug-likeness (QED) is 0.838. The molecule has 0 N–H and O–H groups in total. The SMILES string of the molecule is O=C(CN1CCN(c2nccs2)CC1)N1CCCC1c1cccs1. The Bertz CT molecular complexity index is 650. The van der Waals surface area contributed by atoms with Crippen LogP contribution >= 0.6 is 22.7 Å². The maximum absolute atomic E-state index is 12.8. The summed E-state index contributed by atoms with van der Waals surface area (Å²) in [5, 5.41) is 5.22. The fourth-order valence-corrected chi connectivity index (χ4v) is 5.16. The zero-order valence-electron chi connectivity index (χ0n) is 13.6. The van der Waals surface area contributed by atoms with Gasteiger partial charge in [-0.3, -0.25) is 9.69 Å². The normalized spacial score (nSPS) is 22.2. The lowest BCUT2D eigenvalue weighted by Crippen LogP contribution is -2.50. The minimum Gasteiger partial charge on any atom is -0.346 e. The molecule has 0 aliphatic carbocycles. The zero-order valence-corrected chi connectivity index (χ0v) is 15.3. The Morgan fingerprint density at radius 2 is 2.04 bits per heavy atom. The molecule has 2 aromatic rings. The van der Waals surface area contributed by atoms with Crippen LogP contribution in [0.15, 0.2) is 29.1 Å². The van der Waals surface area contributed by atoms with Crippen LogP contribution in [0.3, 0.4) is 0 Å². The van der Waals surface area contributed by atoms with Crippen LogP contribution in [-0.4, -0.2) is 60.0 Å². The molecule has 2 fully saturated rings. The van der Waals surface area contributed by atoms with E-state index < -0.39 is 0 Å². The number of carbonyl (C=O) groups excluding carboxylic acids is 1. The number of nitrogens with zero attached hydrogens (tertiary/aromatic N) is 4. The first-order chi connectivity index (χ1) is 11.8. The number of anilines is 1. The fraction of sp³-hybridized carbons (Fsp3) is 0.529. The van der Waals surface area contributed by atoms with Crippen molar-refractivity contribution in [1.82, 2.24) is 14.8 Å². The first-order valence-corrected chi connectivity index (χ1v) is 10.3. The molecule has 1 amide bonds. The molecule has 5 nitrogen and oxygen atoms in total. The first kappa shape index (κ1) is 16.1. The maximum Gasteiger partial charge on any atom is 0.237 e. The molecule has 4 heterocycles. The Hall–Kier alpha value is -1.44. The molecule has 7 heteroatoms. The Balaban J connectivity index is 1.32. The summed E-state index contributed by atoms with van der Waals surface area (Å²) in [7, 11) is 0. The van der Waals surface area contributed by atoms with Crippen molar-refractivity contribution >= 4 is 33.7 Å². The molecule has 24 heavy (non-hydrogen) atoms. The number of rotatable bonds is 4. The van der Waals surface area contributed by atoms with E-state index >= 15 is 0 Å². The van der Waals surface area contributed by atoms with E-state index in [1.807, 2.05) is 11.6 Å². The van der Waals surface area contributed by atoms with Crippen LogP contribution in [0.4, 0.5) is 5.13 Å². The second-order valence-corrected chi connectivity index (χ2v) is 8.19. The molecule has 2 aliphatic rings. The van der Waals surface area contributed by atoms with E-state index in [1.54, 1.807) is 22.7 Å². The largest absolute Gasteiger partial charge is 0.346 e. The summed E-state index contributed by atoms with van der Waals surface area (Å²) in [6, 6.07) is 4.54. The van der Waals surface area contributed by atoms with Crippen molar-refractivity contribution in [2.75, 3.05) is 44.2 Å². The standard InChI is InChI=1S/C17H22N4OS2/c22-16(21-6-1-3-14(21)15-4-2-11-23-15)13-19-7-9-20(10-8-19)17-18-5-12-24-17/h2,4-5,11-12,14H,1,3,6-10,13H2. The van der Waals surface area contributed by atoms with E-state index in [9.17, 15) is 4.79 Å². The first-order valence-electron chi connectivity index (χ1n) is 8.51. The monoisotopic (exact) mass is 362 g/mol. The van der Waals surface area contributed by atoms with Crippen molar-refractivity contribution in [2.24, 2.45) is 0 Å². The second-order valence-electron chi connectivity index (χ2n) is 6.34. The van der Waals surface area contributed by atoms with Gasteiger partial charge in [-0.1, -0.05) is 6.07 Å². The predicted octanol–water partition coefficient (Wildman–Crippen LogP) is 2.69. The molecule has 0 aromatic carbocycles. The molecule has 2 saturated heterocycles. The number of amides is 1. The number of thiophene rings is 1. The van der Waals surface area contributed by atoms with Crippen LogP contribution in [0.25, 0.3) is 0 Å². The number of aromatic nitrogens is 1. The van der Waals surface area contributed by atoms with Crippen LogP contribution in [-0.2, 0) is 4.79 Å². The highest BCUT2D eigenvalue weighted by Crippen LogP contribution is 2.34. The van der Waals surface area contributed by atoms with E-state index in [0.29, 0.717) is 12.6 Å². The van der Waals surface area contributed by atoms with E-state index in [4.69, 9.17) is 0 Å². The van der Waals surface area contributed by atoms with Crippen molar-refractivity contribution in [2.45, 2.75) is 18.9 Å². The van der Waals surface area contributed by atoms with Crippen LogP contribution in [0, 0.1) is 0 Å². The molecule has 2 aromatic heterocycles. The summed E-state index contributed by atoms with van der Waals surface area (Å²) >= 11 is 3.45. The van der Waals surface area contributed by atoms with E-state index in [-0.39, 0.29) is 5.91 Å². The van der Waals surface area contributed by atoms with Gasteiger partial charge in [0.25, 0.3) is 0 Å². The minimum absolute atomic E-state index is 0.286. The van der Waals surface area contributed by atoms with E-state index in [1.165, 1.54) is 4.88 Å². The van der Waals surface area contributed by atoms with Gasteiger partial charge in [-0.05, 0) is 24.3 Å². The average molecular weight is 363 g/mol. The lowest BCUT2D eigenvalue weighted by molar-refractivity contribution is -0.133. The molecule has 0 radical (unpaired) electrons. The molecule has 2 aliphatic heterocycles. The third kappa shape index (κ3) is 3.34. The van der Waals surface area contributed by atoms with Crippen molar-refractivity contribution < 1.29 is 4.79 Å². The molecule has 1 atom stereocenters. The third-order valence-corrected chi connectivity index (χ3v) is 6.67. The van der Waals surface area contributed by atoms with Crippen molar-refractivity contribution in [3.05, 3.63) is 34.0 Å². The van der Waals surface area contributed by atoms with E-state index in [2.05, 4.69) is 37.2 Å².